The zero-order chi connectivity index (χ0) is 20.4. The van der Waals surface area contributed by atoms with E-state index in [2.05, 4.69) is 15.4 Å². The Labute approximate surface area is 170 Å². The van der Waals surface area contributed by atoms with Crippen molar-refractivity contribution in [2.24, 2.45) is 11.0 Å². The molecule has 2 heterocycles. The summed E-state index contributed by atoms with van der Waals surface area (Å²) in [5, 5.41) is 22.8. The molecule has 0 spiro atoms. The Balaban J connectivity index is 1.76. The third kappa shape index (κ3) is 3.72. The van der Waals surface area contributed by atoms with E-state index in [0.717, 1.165) is 5.69 Å². The van der Waals surface area contributed by atoms with E-state index in [1.165, 1.54) is 23.5 Å². The van der Waals surface area contributed by atoms with E-state index in [1.807, 2.05) is 30.3 Å². The van der Waals surface area contributed by atoms with Crippen molar-refractivity contribution >= 4 is 39.5 Å². The number of carbonyl (C=O) groups excluding carboxylic acids is 1. The average Bonchev–Trinajstić information content (AvgIpc) is 3.36. The highest BCUT2D eigenvalue weighted by Crippen LogP contribution is 2.40. The van der Waals surface area contributed by atoms with Crippen LogP contribution in [-0.2, 0) is 4.79 Å². The van der Waals surface area contributed by atoms with Crippen LogP contribution in [0.5, 0.6) is 0 Å². The lowest BCUT2D eigenvalue weighted by Gasteiger charge is -2.27. The average molecular weight is 407 g/mol. The van der Waals surface area contributed by atoms with Crippen LogP contribution in [0.2, 0.25) is 0 Å². The molecule has 1 amide bonds. The molecule has 29 heavy (non-hydrogen) atoms. The zero-order valence-corrected chi connectivity index (χ0v) is 16.2. The maximum Gasteiger partial charge on any atom is 0.269 e. The first-order chi connectivity index (χ1) is 14.0. The van der Waals surface area contributed by atoms with Gasteiger partial charge < -0.3 is 5.32 Å². The van der Waals surface area contributed by atoms with Crippen LogP contribution < -0.4 is 10.3 Å². The quantitative estimate of drug-likeness (QED) is 0.503. The molecular weight excluding hydrogens is 390 g/mol. The molecule has 0 saturated heterocycles. The van der Waals surface area contributed by atoms with Gasteiger partial charge in [0.2, 0.25) is 5.91 Å². The third-order valence-corrected chi connectivity index (χ3v) is 5.37. The minimum Gasteiger partial charge on any atom is -0.301 e. The molecule has 4 rings (SSSR count). The van der Waals surface area contributed by atoms with Crippen LogP contribution in [0.15, 0.2) is 71.3 Å². The van der Waals surface area contributed by atoms with Crippen LogP contribution in [0.4, 0.5) is 16.5 Å². The molecular formula is C20H17N5O3S. The highest BCUT2D eigenvalue weighted by atomic mass is 32.1. The summed E-state index contributed by atoms with van der Waals surface area (Å²) < 4.78 is 0. The number of hydrazone groups is 1. The number of carbonyl (C=O) groups is 1. The van der Waals surface area contributed by atoms with Gasteiger partial charge >= 0.3 is 0 Å². The molecule has 0 bridgehead atoms. The molecule has 1 aliphatic heterocycles. The van der Waals surface area contributed by atoms with Gasteiger partial charge in [-0.1, -0.05) is 30.3 Å². The minimum absolute atomic E-state index is 0.0286. The molecule has 8 nitrogen and oxygen atoms in total. The van der Waals surface area contributed by atoms with Crippen LogP contribution in [0.25, 0.3) is 0 Å². The maximum absolute atomic E-state index is 13.1. The summed E-state index contributed by atoms with van der Waals surface area (Å²) in [6, 6.07) is 15.3. The van der Waals surface area contributed by atoms with Crippen LogP contribution in [0, 0.1) is 16.0 Å². The number of amides is 1. The van der Waals surface area contributed by atoms with E-state index >= 15 is 0 Å². The lowest BCUT2D eigenvalue weighted by Crippen LogP contribution is -2.34. The molecule has 0 fully saturated rings. The van der Waals surface area contributed by atoms with Gasteiger partial charge in [0.15, 0.2) is 5.13 Å². The summed E-state index contributed by atoms with van der Waals surface area (Å²) in [4.78, 5) is 28.1. The molecule has 3 aromatic rings. The number of benzene rings is 2. The van der Waals surface area contributed by atoms with Crippen LogP contribution in [0.1, 0.15) is 18.5 Å². The topological polar surface area (TPSA) is 101 Å². The Morgan fingerprint density at radius 3 is 2.69 bits per heavy atom. The lowest BCUT2D eigenvalue weighted by molar-refractivity contribution is -0.384. The molecule has 1 aromatic heterocycles. The van der Waals surface area contributed by atoms with Gasteiger partial charge in [-0.2, -0.15) is 5.10 Å². The van der Waals surface area contributed by atoms with E-state index in [9.17, 15) is 14.9 Å². The van der Waals surface area contributed by atoms with Crippen molar-refractivity contribution in [1.29, 1.82) is 0 Å². The van der Waals surface area contributed by atoms with Gasteiger partial charge in [0.25, 0.3) is 5.69 Å². The predicted octanol–water partition coefficient (Wildman–Crippen LogP) is 4.24. The molecule has 0 unspecified atom stereocenters. The second-order valence-electron chi connectivity index (χ2n) is 6.52. The van der Waals surface area contributed by atoms with Crippen LogP contribution >= 0.6 is 11.3 Å². The molecule has 2 aromatic carbocycles. The first-order valence-corrected chi connectivity index (χ1v) is 9.76. The Bertz CT molecular complexity index is 1070. The SMILES string of the molecule is CC1=NN(c2ccccc2)[C@H](c2cccc([N+](=O)[O-])c2)[C@H]1C(=O)Nc1nccs1. The number of hydrogen-bond acceptors (Lipinski definition) is 7. The number of thiazole rings is 1. The monoisotopic (exact) mass is 407 g/mol. The summed E-state index contributed by atoms with van der Waals surface area (Å²) in [6.45, 7) is 1.79. The summed E-state index contributed by atoms with van der Waals surface area (Å²) in [6.07, 6.45) is 1.62. The zero-order valence-electron chi connectivity index (χ0n) is 15.4. The lowest BCUT2D eigenvalue weighted by atomic mass is 9.89. The number of hydrogen-bond donors (Lipinski definition) is 1. The Hall–Kier alpha value is -3.59. The molecule has 0 aliphatic carbocycles. The third-order valence-electron chi connectivity index (χ3n) is 4.68. The van der Waals surface area contributed by atoms with Gasteiger partial charge in [0.1, 0.15) is 5.92 Å². The van der Waals surface area contributed by atoms with Crippen LogP contribution in [-0.4, -0.2) is 21.5 Å². The predicted molar refractivity (Wildman–Crippen MR) is 112 cm³/mol. The number of rotatable bonds is 5. The minimum atomic E-state index is -0.624. The van der Waals surface area contributed by atoms with Gasteiger partial charge in [0, 0.05) is 23.7 Å². The van der Waals surface area contributed by atoms with Crippen molar-refractivity contribution in [3.63, 3.8) is 0 Å². The first kappa shape index (κ1) is 18.8. The highest BCUT2D eigenvalue weighted by molar-refractivity contribution is 7.13. The van der Waals surface area contributed by atoms with Crippen molar-refractivity contribution < 1.29 is 9.72 Å². The largest absolute Gasteiger partial charge is 0.301 e. The fourth-order valence-corrected chi connectivity index (χ4v) is 3.95. The Kier molecular flexibility index (Phi) is 5.05. The molecule has 146 valence electrons. The number of nitrogens with zero attached hydrogens (tertiary/aromatic N) is 4. The van der Waals surface area contributed by atoms with E-state index < -0.39 is 16.9 Å². The molecule has 9 heteroatoms. The van der Waals surface area contributed by atoms with Gasteiger partial charge in [0.05, 0.1) is 22.4 Å². The fraction of sp³-hybridized carbons (Fsp3) is 0.150. The highest BCUT2D eigenvalue weighted by Gasteiger charge is 2.42. The van der Waals surface area contributed by atoms with Gasteiger partial charge in [-0.25, -0.2) is 4.98 Å². The number of non-ortho nitro benzene ring substituents is 1. The molecule has 1 aliphatic rings. The number of nitrogens with one attached hydrogen (secondary N) is 1. The second kappa shape index (κ2) is 7.80. The van der Waals surface area contributed by atoms with Gasteiger partial charge in [-0.15, -0.1) is 11.3 Å². The van der Waals surface area contributed by atoms with Gasteiger partial charge in [-0.3, -0.25) is 19.9 Å². The van der Waals surface area contributed by atoms with Crippen molar-refractivity contribution in [3.05, 3.63) is 81.9 Å². The summed E-state index contributed by atoms with van der Waals surface area (Å²) in [5.41, 5.74) is 2.04. The molecule has 2 atom stereocenters. The summed E-state index contributed by atoms with van der Waals surface area (Å²) in [7, 11) is 0. The van der Waals surface area contributed by atoms with Crippen molar-refractivity contribution in [2.75, 3.05) is 10.3 Å². The van der Waals surface area contributed by atoms with Crippen molar-refractivity contribution in [2.45, 2.75) is 13.0 Å². The number of nitro groups is 1. The van der Waals surface area contributed by atoms with Crippen LogP contribution in [0.3, 0.4) is 0 Å². The van der Waals surface area contributed by atoms with E-state index in [0.29, 0.717) is 16.4 Å². The number of aromatic nitrogens is 1. The second-order valence-corrected chi connectivity index (χ2v) is 7.42. The Morgan fingerprint density at radius 1 is 1.21 bits per heavy atom. The molecule has 0 saturated carbocycles. The summed E-state index contributed by atoms with van der Waals surface area (Å²) in [5.74, 6) is -0.878. The normalized spacial score (nSPS) is 18.4. The molecule has 1 N–H and O–H groups in total. The number of nitro benzene ring substituents is 1. The number of anilines is 2. The number of para-hydroxylation sites is 1. The fourth-order valence-electron chi connectivity index (χ4n) is 3.42. The van der Waals surface area contributed by atoms with E-state index in [4.69, 9.17) is 0 Å². The van der Waals surface area contributed by atoms with E-state index in [-0.39, 0.29) is 11.6 Å². The van der Waals surface area contributed by atoms with Gasteiger partial charge in [-0.05, 0) is 24.6 Å². The standard InChI is InChI=1S/C20H17N5O3S/c1-13-17(19(26)22-20-21-10-11-29-20)18(14-6-5-9-16(12-14)25(27)28)24(23-13)15-7-3-2-4-8-15/h2-12,17-18H,1H3,(H,21,22,26)/t17-,18+/m0/s1. The van der Waals surface area contributed by atoms with E-state index in [1.54, 1.807) is 35.6 Å². The Morgan fingerprint density at radius 2 is 2.00 bits per heavy atom. The van der Waals surface area contributed by atoms with Crippen molar-refractivity contribution in [1.82, 2.24) is 4.98 Å². The smallest absolute Gasteiger partial charge is 0.269 e. The maximum atomic E-state index is 13.1. The summed E-state index contributed by atoms with van der Waals surface area (Å²) >= 11 is 1.33. The first-order valence-electron chi connectivity index (χ1n) is 8.88. The molecule has 0 radical (unpaired) electrons. The van der Waals surface area contributed by atoms with Crippen molar-refractivity contribution in [3.8, 4) is 0 Å².